The first-order valence-electron chi connectivity index (χ1n) is 12.0. The standard InChI is InChI=1S/C27H40O5/c1-20(2)5-4-6-22-7-11-25(12-8-22)26-13-9-23(10-14-26)15-24(17-31-19-29)18-32-27(30)21(3)16-28/h7-8,11-12,19-20,23-24,26,28H,3-6,9-10,13-18H2,1-2H3. The number of rotatable bonds is 14. The quantitative estimate of drug-likeness (QED) is 0.242. The molecule has 2 rings (SSSR count). The maximum absolute atomic E-state index is 11.8. The molecule has 0 aliphatic heterocycles. The zero-order valence-corrected chi connectivity index (χ0v) is 19.8. The minimum Gasteiger partial charge on any atom is -0.467 e. The zero-order chi connectivity index (χ0) is 23.3. The lowest BCUT2D eigenvalue weighted by Crippen LogP contribution is -2.24. The van der Waals surface area contributed by atoms with Crippen molar-refractivity contribution >= 4 is 12.4 Å². The highest BCUT2D eigenvalue weighted by molar-refractivity contribution is 5.87. The lowest BCUT2D eigenvalue weighted by atomic mass is 9.76. The molecule has 0 saturated heterocycles. The number of benzene rings is 1. The Morgan fingerprint density at radius 1 is 1.16 bits per heavy atom. The molecule has 1 fully saturated rings. The zero-order valence-electron chi connectivity index (χ0n) is 19.8. The third-order valence-electron chi connectivity index (χ3n) is 6.54. The van der Waals surface area contributed by atoms with Crippen molar-refractivity contribution < 1.29 is 24.2 Å². The third-order valence-corrected chi connectivity index (χ3v) is 6.54. The number of hydrogen-bond donors (Lipinski definition) is 1. The molecule has 0 radical (unpaired) electrons. The van der Waals surface area contributed by atoms with Crippen LogP contribution in [0.3, 0.4) is 0 Å². The van der Waals surface area contributed by atoms with Crippen LogP contribution in [0.5, 0.6) is 0 Å². The van der Waals surface area contributed by atoms with Crippen LogP contribution in [-0.4, -0.2) is 37.4 Å². The lowest BCUT2D eigenvalue weighted by molar-refractivity contribution is -0.142. The Kier molecular flexibility index (Phi) is 11.5. The van der Waals surface area contributed by atoms with Crippen LogP contribution in [-0.2, 0) is 25.5 Å². The number of ether oxygens (including phenoxy) is 2. The molecule has 32 heavy (non-hydrogen) atoms. The molecule has 1 aliphatic rings. The van der Waals surface area contributed by atoms with E-state index in [0.29, 0.717) is 18.3 Å². The first kappa shape index (κ1) is 26.1. The van der Waals surface area contributed by atoms with E-state index in [1.54, 1.807) is 0 Å². The molecule has 0 spiro atoms. The summed E-state index contributed by atoms with van der Waals surface area (Å²) in [5.74, 6) is 1.26. The summed E-state index contributed by atoms with van der Waals surface area (Å²) in [6.45, 7) is 8.46. The van der Waals surface area contributed by atoms with E-state index in [1.165, 1.54) is 24.0 Å². The Morgan fingerprint density at radius 2 is 1.84 bits per heavy atom. The van der Waals surface area contributed by atoms with E-state index >= 15 is 0 Å². The summed E-state index contributed by atoms with van der Waals surface area (Å²) < 4.78 is 10.2. The van der Waals surface area contributed by atoms with Crippen molar-refractivity contribution in [2.24, 2.45) is 17.8 Å². The Labute approximate surface area is 193 Å². The number of aliphatic hydroxyl groups is 1. The maximum Gasteiger partial charge on any atom is 0.335 e. The second kappa shape index (κ2) is 14.1. The van der Waals surface area contributed by atoms with Gasteiger partial charge in [-0.2, -0.15) is 0 Å². The Morgan fingerprint density at radius 3 is 2.44 bits per heavy atom. The van der Waals surface area contributed by atoms with E-state index in [2.05, 4.69) is 44.7 Å². The van der Waals surface area contributed by atoms with E-state index < -0.39 is 12.6 Å². The number of carbonyl (C=O) groups is 2. The highest BCUT2D eigenvalue weighted by atomic mass is 16.5. The summed E-state index contributed by atoms with van der Waals surface area (Å²) in [4.78, 5) is 22.4. The van der Waals surface area contributed by atoms with Crippen LogP contribution in [0.2, 0.25) is 0 Å². The summed E-state index contributed by atoms with van der Waals surface area (Å²) in [6, 6.07) is 9.21. The Bertz CT molecular complexity index is 701. The molecule has 1 atom stereocenters. The molecule has 178 valence electrons. The average Bonchev–Trinajstić information content (AvgIpc) is 2.80. The molecule has 1 aromatic rings. The van der Waals surface area contributed by atoms with Gasteiger partial charge in [0, 0.05) is 5.92 Å². The topological polar surface area (TPSA) is 72.8 Å². The van der Waals surface area contributed by atoms with Crippen molar-refractivity contribution in [1.82, 2.24) is 0 Å². The second-order valence-electron chi connectivity index (χ2n) is 9.64. The number of aryl methyl sites for hydroxylation is 1. The van der Waals surface area contributed by atoms with Gasteiger partial charge in [0.25, 0.3) is 6.47 Å². The van der Waals surface area contributed by atoms with Crippen molar-refractivity contribution in [3.63, 3.8) is 0 Å². The number of esters is 1. The first-order valence-corrected chi connectivity index (χ1v) is 12.0. The largest absolute Gasteiger partial charge is 0.467 e. The molecule has 0 amide bonds. The van der Waals surface area contributed by atoms with E-state index in [4.69, 9.17) is 14.6 Å². The summed E-state index contributed by atoms with van der Waals surface area (Å²) in [7, 11) is 0. The smallest absolute Gasteiger partial charge is 0.335 e. The molecule has 1 aliphatic carbocycles. The van der Waals surface area contributed by atoms with Crippen molar-refractivity contribution in [2.75, 3.05) is 19.8 Å². The van der Waals surface area contributed by atoms with Gasteiger partial charge in [-0.25, -0.2) is 4.79 Å². The van der Waals surface area contributed by atoms with Crippen molar-refractivity contribution in [3.8, 4) is 0 Å². The molecule has 5 nitrogen and oxygen atoms in total. The van der Waals surface area contributed by atoms with Crippen LogP contribution >= 0.6 is 0 Å². The fraction of sp³-hybridized carbons (Fsp3) is 0.630. The summed E-state index contributed by atoms with van der Waals surface area (Å²) in [5.41, 5.74) is 2.90. The van der Waals surface area contributed by atoms with Gasteiger partial charge >= 0.3 is 5.97 Å². The van der Waals surface area contributed by atoms with Crippen LogP contribution in [0, 0.1) is 17.8 Å². The average molecular weight is 445 g/mol. The molecule has 0 heterocycles. The van der Waals surface area contributed by atoms with Crippen molar-refractivity contribution in [2.45, 2.75) is 71.1 Å². The van der Waals surface area contributed by atoms with Gasteiger partial charge in [0.05, 0.1) is 25.4 Å². The maximum atomic E-state index is 11.8. The fourth-order valence-corrected chi connectivity index (χ4v) is 4.59. The van der Waals surface area contributed by atoms with E-state index in [-0.39, 0.29) is 24.7 Å². The molecule has 1 saturated carbocycles. The van der Waals surface area contributed by atoms with Crippen LogP contribution in [0.15, 0.2) is 36.4 Å². The van der Waals surface area contributed by atoms with Crippen LogP contribution in [0.1, 0.15) is 75.8 Å². The molecular formula is C27H40O5. The Balaban J connectivity index is 1.79. The normalized spacial score (nSPS) is 19.4. The summed E-state index contributed by atoms with van der Waals surface area (Å²) in [5, 5.41) is 8.99. The molecule has 1 unspecified atom stereocenters. The molecule has 0 aromatic heterocycles. The second-order valence-corrected chi connectivity index (χ2v) is 9.64. The third kappa shape index (κ3) is 9.15. The van der Waals surface area contributed by atoms with Crippen LogP contribution in [0.25, 0.3) is 0 Å². The first-order chi connectivity index (χ1) is 15.4. The SMILES string of the molecule is C=C(CO)C(=O)OCC(COC=O)CC1CCC(c2ccc(CCCC(C)C)cc2)CC1. The van der Waals surface area contributed by atoms with Crippen LogP contribution in [0.4, 0.5) is 0 Å². The number of carbonyl (C=O) groups excluding carboxylic acids is 2. The van der Waals surface area contributed by atoms with Gasteiger partial charge in [-0.05, 0) is 73.8 Å². The molecule has 1 N–H and O–H groups in total. The summed E-state index contributed by atoms with van der Waals surface area (Å²) in [6.07, 6.45) is 9.09. The fourth-order valence-electron chi connectivity index (χ4n) is 4.59. The minimum absolute atomic E-state index is 0.0338. The van der Waals surface area contributed by atoms with Gasteiger partial charge in [0.15, 0.2) is 0 Å². The van der Waals surface area contributed by atoms with E-state index in [0.717, 1.165) is 44.4 Å². The highest BCUT2D eigenvalue weighted by Gasteiger charge is 2.26. The van der Waals surface area contributed by atoms with Crippen molar-refractivity contribution in [3.05, 3.63) is 47.5 Å². The highest BCUT2D eigenvalue weighted by Crippen LogP contribution is 2.38. The molecular weight excluding hydrogens is 404 g/mol. The monoisotopic (exact) mass is 444 g/mol. The van der Waals surface area contributed by atoms with Gasteiger partial charge in [0.1, 0.15) is 0 Å². The van der Waals surface area contributed by atoms with Crippen molar-refractivity contribution in [1.29, 1.82) is 0 Å². The van der Waals surface area contributed by atoms with Gasteiger partial charge in [-0.3, -0.25) is 4.79 Å². The number of hydrogen-bond acceptors (Lipinski definition) is 5. The van der Waals surface area contributed by atoms with Gasteiger partial charge in [-0.1, -0.05) is 51.1 Å². The Hall–Kier alpha value is -2.14. The van der Waals surface area contributed by atoms with Crippen LogP contribution < -0.4 is 0 Å². The molecule has 0 bridgehead atoms. The molecule has 1 aromatic carbocycles. The minimum atomic E-state index is -0.597. The van der Waals surface area contributed by atoms with Gasteiger partial charge in [0.2, 0.25) is 0 Å². The number of aliphatic hydroxyl groups excluding tert-OH is 1. The van der Waals surface area contributed by atoms with Gasteiger partial charge < -0.3 is 14.6 Å². The van der Waals surface area contributed by atoms with E-state index in [1.807, 2.05) is 0 Å². The summed E-state index contributed by atoms with van der Waals surface area (Å²) >= 11 is 0. The van der Waals surface area contributed by atoms with Gasteiger partial charge in [-0.15, -0.1) is 0 Å². The molecule has 5 heteroatoms. The van der Waals surface area contributed by atoms with E-state index in [9.17, 15) is 9.59 Å². The predicted octanol–water partition coefficient (Wildman–Crippen LogP) is 5.21. The lowest BCUT2D eigenvalue weighted by Gasteiger charge is -2.31. The predicted molar refractivity (Wildman–Crippen MR) is 126 cm³/mol.